The number of alkyl halides is 3. The summed E-state index contributed by atoms with van der Waals surface area (Å²) in [5.41, 5.74) is 0.290. The van der Waals surface area contributed by atoms with Gasteiger partial charge in [0.25, 0.3) is 5.69 Å². The lowest BCUT2D eigenvalue weighted by molar-refractivity contribution is -0.385. The first-order valence-corrected chi connectivity index (χ1v) is 9.53. The highest BCUT2D eigenvalue weighted by Crippen LogP contribution is 2.60. The summed E-state index contributed by atoms with van der Waals surface area (Å²) >= 11 is 0. The van der Waals surface area contributed by atoms with Crippen molar-refractivity contribution in [3.63, 3.8) is 0 Å². The van der Waals surface area contributed by atoms with E-state index in [1.54, 1.807) is 6.07 Å². The van der Waals surface area contributed by atoms with Crippen LogP contribution in [0.2, 0.25) is 0 Å². The number of nitro groups is 1. The van der Waals surface area contributed by atoms with E-state index in [2.05, 4.69) is 0 Å². The molecule has 3 aliphatic rings. The Hall–Kier alpha value is -2.16. The zero-order valence-corrected chi connectivity index (χ0v) is 15.1. The van der Waals surface area contributed by atoms with Crippen LogP contribution in [0.5, 0.6) is 0 Å². The molecule has 9 heteroatoms. The van der Waals surface area contributed by atoms with Crippen LogP contribution >= 0.6 is 0 Å². The van der Waals surface area contributed by atoms with Gasteiger partial charge in [0.2, 0.25) is 0 Å². The molecule has 0 radical (unpaired) electrons. The molecule has 4 rings (SSSR count). The van der Waals surface area contributed by atoms with Crippen LogP contribution < -0.4 is 0 Å². The quantitative estimate of drug-likeness (QED) is 0.548. The Labute approximate surface area is 159 Å². The van der Waals surface area contributed by atoms with Gasteiger partial charge < -0.3 is 4.84 Å². The number of fused-ring (bicyclic) bond motifs is 5. The van der Waals surface area contributed by atoms with Crippen LogP contribution in [0.3, 0.4) is 0 Å². The lowest BCUT2D eigenvalue weighted by Gasteiger charge is -2.37. The van der Waals surface area contributed by atoms with Gasteiger partial charge in [-0.05, 0) is 54.9 Å². The van der Waals surface area contributed by atoms with E-state index >= 15 is 0 Å². The Morgan fingerprint density at radius 3 is 2.68 bits per heavy atom. The fourth-order valence-electron chi connectivity index (χ4n) is 5.69. The van der Waals surface area contributed by atoms with Crippen LogP contribution in [-0.4, -0.2) is 28.2 Å². The van der Waals surface area contributed by atoms with Gasteiger partial charge in [-0.2, -0.15) is 13.2 Å². The van der Waals surface area contributed by atoms with Gasteiger partial charge in [-0.3, -0.25) is 10.1 Å². The SMILES string of the molecule is O=C(ON(Cc1cccc([N+](=O)[O-])c1)C1CC2CC1C1CCCC21)C(F)(F)F. The van der Waals surface area contributed by atoms with Crippen molar-refractivity contribution in [3.05, 3.63) is 39.9 Å². The van der Waals surface area contributed by atoms with Gasteiger partial charge >= 0.3 is 12.1 Å². The van der Waals surface area contributed by atoms with E-state index in [0.29, 0.717) is 29.7 Å². The molecule has 0 amide bonds. The Kier molecular flexibility index (Phi) is 4.81. The molecule has 3 aliphatic carbocycles. The third-order valence-corrected chi connectivity index (χ3v) is 6.65. The first kappa shape index (κ1) is 19.2. The lowest BCUT2D eigenvalue weighted by Crippen LogP contribution is -2.45. The van der Waals surface area contributed by atoms with E-state index in [0.717, 1.165) is 24.3 Å². The fourth-order valence-corrected chi connectivity index (χ4v) is 5.69. The van der Waals surface area contributed by atoms with Crippen LogP contribution in [0, 0.1) is 33.8 Å². The van der Waals surface area contributed by atoms with E-state index in [-0.39, 0.29) is 24.2 Å². The minimum Gasteiger partial charge on any atom is -0.360 e. The second kappa shape index (κ2) is 7.02. The number of nitrogens with zero attached hydrogens (tertiary/aromatic N) is 2. The van der Waals surface area contributed by atoms with Crippen LogP contribution in [0.25, 0.3) is 0 Å². The van der Waals surface area contributed by atoms with Gasteiger partial charge in [0.15, 0.2) is 0 Å². The Morgan fingerprint density at radius 1 is 1.21 bits per heavy atom. The van der Waals surface area contributed by atoms with E-state index in [9.17, 15) is 28.1 Å². The van der Waals surface area contributed by atoms with Gasteiger partial charge in [-0.25, -0.2) is 4.79 Å². The third-order valence-electron chi connectivity index (χ3n) is 6.65. The van der Waals surface area contributed by atoms with Crippen molar-refractivity contribution >= 4 is 11.7 Å². The molecule has 5 unspecified atom stereocenters. The minimum absolute atomic E-state index is 0.102. The molecule has 0 spiro atoms. The van der Waals surface area contributed by atoms with Crippen molar-refractivity contribution in [3.8, 4) is 0 Å². The largest absolute Gasteiger partial charge is 0.492 e. The molecule has 0 aromatic heterocycles. The predicted octanol–water partition coefficient (Wildman–Crippen LogP) is 4.24. The van der Waals surface area contributed by atoms with E-state index in [1.807, 2.05) is 0 Å². The molecular formula is C19H21F3N2O4. The smallest absolute Gasteiger partial charge is 0.360 e. The average molecular weight is 398 g/mol. The lowest BCUT2D eigenvalue weighted by atomic mass is 9.79. The first-order valence-electron chi connectivity index (χ1n) is 9.53. The van der Waals surface area contributed by atoms with E-state index in [1.165, 1.54) is 24.6 Å². The monoisotopic (exact) mass is 398 g/mol. The summed E-state index contributed by atoms with van der Waals surface area (Å²) in [6.45, 7) is -0.102. The number of carbonyl (C=O) groups is 1. The van der Waals surface area contributed by atoms with Gasteiger partial charge in [0.05, 0.1) is 11.5 Å². The van der Waals surface area contributed by atoms with Crippen molar-refractivity contribution in [1.29, 1.82) is 0 Å². The van der Waals surface area contributed by atoms with Gasteiger partial charge in [0, 0.05) is 18.2 Å². The van der Waals surface area contributed by atoms with Gasteiger partial charge in [-0.1, -0.05) is 18.6 Å². The first-order chi connectivity index (χ1) is 13.2. The molecule has 6 nitrogen and oxygen atoms in total. The van der Waals surface area contributed by atoms with Crippen molar-refractivity contribution < 1.29 is 27.7 Å². The van der Waals surface area contributed by atoms with Gasteiger partial charge in [0.1, 0.15) is 0 Å². The molecule has 3 fully saturated rings. The number of benzene rings is 1. The summed E-state index contributed by atoms with van der Waals surface area (Å²) in [6.07, 6.45) is -0.0520. The molecule has 0 N–H and O–H groups in total. The van der Waals surface area contributed by atoms with E-state index in [4.69, 9.17) is 4.84 Å². The number of halogens is 3. The van der Waals surface area contributed by atoms with Gasteiger partial charge in [-0.15, -0.1) is 5.06 Å². The molecule has 5 atom stereocenters. The summed E-state index contributed by atoms with van der Waals surface area (Å²) in [4.78, 5) is 26.8. The number of carbonyl (C=O) groups excluding carboxylic acids is 1. The van der Waals surface area contributed by atoms with Crippen molar-refractivity contribution in [1.82, 2.24) is 5.06 Å². The summed E-state index contributed by atoms with van der Waals surface area (Å²) in [5.74, 6) is -0.471. The van der Waals surface area contributed by atoms with E-state index < -0.39 is 17.1 Å². The number of rotatable bonds is 5. The van der Waals surface area contributed by atoms with Crippen molar-refractivity contribution in [2.45, 2.75) is 50.9 Å². The highest BCUT2D eigenvalue weighted by atomic mass is 19.4. The molecule has 28 heavy (non-hydrogen) atoms. The number of hydrogen-bond acceptors (Lipinski definition) is 5. The summed E-state index contributed by atoms with van der Waals surface area (Å²) in [5, 5.41) is 12.1. The maximum atomic E-state index is 12.8. The highest BCUT2D eigenvalue weighted by Gasteiger charge is 2.56. The molecule has 0 saturated heterocycles. The average Bonchev–Trinajstić information content (AvgIpc) is 3.33. The zero-order chi connectivity index (χ0) is 20.1. The Balaban J connectivity index is 1.57. The van der Waals surface area contributed by atoms with Crippen LogP contribution in [-0.2, 0) is 16.2 Å². The maximum absolute atomic E-state index is 12.8. The van der Waals surface area contributed by atoms with Crippen LogP contribution in [0.4, 0.5) is 18.9 Å². The summed E-state index contributed by atoms with van der Waals surface area (Å²) in [6, 6.07) is 5.41. The summed E-state index contributed by atoms with van der Waals surface area (Å²) in [7, 11) is 0. The predicted molar refractivity (Wildman–Crippen MR) is 91.6 cm³/mol. The highest BCUT2D eigenvalue weighted by molar-refractivity contribution is 5.75. The standard InChI is InChI=1S/C19H21F3N2O4/c20-19(21,22)18(25)28-23(10-11-3-1-4-13(7-11)24(26)27)17-9-12-8-16(17)15-6-2-5-14(12)15/h1,3-4,7,12,14-17H,2,5-6,8-10H2. The number of hydrogen-bond donors (Lipinski definition) is 0. The molecule has 0 heterocycles. The second-order valence-electron chi connectivity index (χ2n) is 8.10. The number of hydroxylamine groups is 2. The van der Waals surface area contributed by atoms with Crippen molar-refractivity contribution in [2.75, 3.05) is 0 Å². The molecule has 0 aliphatic heterocycles. The normalized spacial score (nSPS) is 31.2. The van der Waals surface area contributed by atoms with Crippen LogP contribution in [0.1, 0.15) is 37.7 Å². The molecule has 3 saturated carbocycles. The van der Waals surface area contributed by atoms with Crippen molar-refractivity contribution in [2.24, 2.45) is 23.7 Å². The molecular weight excluding hydrogens is 377 g/mol. The molecule has 1 aromatic rings. The zero-order valence-electron chi connectivity index (χ0n) is 15.1. The topological polar surface area (TPSA) is 72.7 Å². The Bertz CT molecular complexity index is 785. The molecule has 2 bridgehead atoms. The maximum Gasteiger partial charge on any atom is 0.492 e. The summed E-state index contributed by atoms with van der Waals surface area (Å²) < 4.78 is 38.5. The fraction of sp³-hybridized carbons (Fsp3) is 0.632. The third kappa shape index (κ3) is 3.47. The molecule has 1 aromatic carbocycles. The van der Waals surface area contributed by atoms with Crippen LogP contribution in [0.15, 0.2) is 24.3 Å². The Morgan fingerprint density at radius 2 is 1.96 bits per heavy atom. The molecule has 152 valence electrons. The second-order valence-corrected chi connectivity index (χ2v) is 8.10. The minimum atomic E-state index is -5.09. The number of nitro benzene ring substituents is 1. The number of non-ortho nitro benzene ring substituents is 1.